The lowest BCUT2D eigenvalue weighted by Gasteiger charge is -2.43. The number of aliphatic hydroxyl groups excluding tert-OH is 1. The van der Waals surface area contributed by atoms with Crippen molar-refractivity contribution < 1.29 is 23.4 Å². The Hall–Kier alpha value is -2.80. The van der Waals surface area contributed by atoms with Gasteiger partial charge in [0, 0.05) is 31.8 Å². The minimum Gasteiger partial charge on any atom is -0.390 e. The fourth-order valence-electron chi connectivity index (χ4n) is 4.16. The van der Waals surface area contributed by atoms with Crippen LogP contribution in [0, 0.1) is 0 Å². The molecule has 1 saturated carbocycles. The minimum atomic E-state index is -3.52. The maximum Gasteiger partial charge on any atom is 0.328 e. The first-order valence-electron chi connectivity index (χ1n) is 10.9. The molecule has 0 radical (unpaired) electrons. The second-order valence-corrected chi connectivity index (χ2v) is 10.5. The predicted molar refractivity (Wildman–Crippen MR) is 124 cm³/mol. The molecule has 3 rings (SSSR count). The number of H-pyrrole nitrogens is 1. The van der Waals surface area contributed by atoms with Crippen LogP contribution in [0.1, 0.15) is 31.2 Å². The highest BCUT2D eigenvalue weighted by Gasteiger charge is 2.43. The molecule has 2 aromatic rings. The summed E-state index contributed by atoms with van der Waals surface area (Å²) in [6.45, 7) is -0.173. The Balaban J connectivity index is 1.56. The lowest BCUT2D eigenvalue weighted by molar-refractivity contribution is -0.143. The van der Waals surface area contributed by atoms with E-state index in [4.69, 9.17) is 0 Å². The maximum absolute atomic E-state index is 12.7. The van der Waals surface area contributed by atoms with Gasteiger partial charge in [0.1, 0.15) is 5.60 Å². The molecule has 0 spiro atoms. The number of nitrogens with zero attached hydrogens (tertiary/aromatic N) is 2. The number of nitrogens with one attached hydrogen (secondary N) is 2. The summed E-state index contributed by atoms with van der Waals surface area (Å²) in [5, 5.41) is 21.5. The number of aromatic nitrogens is 2. The standard InChI is InChI=1S/C22H30N4O7S/c1-23-34(32,33)17-6-3-15(4-7-17)5-8-20(29)25(2)16-9-11-22(31,18(27)13-16)14-26-12-10-19(28)24-21(26)30/h3-4,6-7,10,12,16,18,23,27,31H,5,8-9,11,13-14H2,1-2H3,(H,24,28,30)/t16-,18+,22+/m0/s1. The van der Waals surface area contributed by atoms with Crippen molar-refractivity contribution >= 4 is 15.9 Å². The predicted octanol–water partition coefficient (Wildman–Crippen LogP) is -0.820. The van der Waals surface area contributed by atoms with Crippen molar-refractivity contribution in [3.63, 3.8) is 0 Å². The second kappa shape index (κ2) is 10.2. The molecule has 4 N–H and O–H groups in total. The normalized spacial score (nSPS) is 22.9. The summed E-state index contributed by atoms with van der Waals surface area (Å²) in [4.78, 5) is 39.7. The third kappa shape index (κ3) is 5.81. The number of sulfonamides is 1. The smallest absolute Gasteiger partial charge is 0.328 e. The topological polar surface area (TPSA) is 162 Å². The van der Waals surface area contributed by atoms with Gasteiger partial charge in [0.05, 0.1) is 17.5 Å². The Bertz CT molecular complexity index is 1240. The first-order chi connectivity index (χ1) is 15.9. The maximum atomic E-state index is 12.7. The molecule has 0 aliphatic heterocycles. The molecule has 186 valence electrons. The van der Waals surface area contributed by atoms with Crippen molar-refractivity contribution in [1.82, 2.24) is 19.2 Å². The number of aryl methyl sites for hydroxylation is 1. The van der Waals surface area contributed by atoms with Crippen LogP contribution in [-0.4, -0.2) is 70.8 Å². The van der Waals surface area contributed by atoms with Gasteiger partial charge in [-0.25, -0.2) is 17.9 Å². The third-order valence-corrected chi connectivity index (χ3v) is 7.87. The molecule has 1 fully saturated rings. The van der Waals surface area contributed by atoms with E-state index in [-0.39, 0.29) is 42.7 Å². The summed E-state index contributed by atoms with van der Waals surface area (Å²) in [7, 11) is -0.528. The van der Waals surface area contributed by atoms with Gasteiger partial charge in [-0.15, -0.1) is 0 Å². The number of aliphatic hydroxyl groups is 2. The van der Waals surface area contributed by atoms with E-state index in [1.807, 2.05) is 0 Å². The van der Waals surface area contributed by atoms with Gasteiger partial charge in [-0.05, 0) is 50.4 Å². The van der Waals surface area contributed by atoms with Crippen LogP contribution in [-0.2, 0) is 27.8 Å². The number of amides is 1. The molecule has 1 aromatic heterocycles. The summed E-state index contributed by atoms with van der Waals surface area (Å²) in [6, 6.07) is 7.20. The van der Waals surface area contributed by atoms with Crippen LogP contribution in [0.4, 0.5) is 0 Å². The van der Waals surface area contributed by atoms with Crippen molar-refractivity contribution in [1.29, 1.82) is 0 Å². The molecular formula is C22H30N4O7S. The highest BCUT2D eigenvalue weighted by atomic mass is 32.2. The van der Waals surface area contributed by atoms with Crippen LogP contribution in [0.25, 0.3) is 0 Å². The number of hydrogen-bond acceptors (Lipinski definition) is 7. The number of benzene rings is 1. The third-order valence-electron chi connectivity index (χ3n) is 6.44. The fraction of sp³-hybridized carbons (Fsp3) is 0.500. The molecule has 1 aromatic carbocycles. The van der Waals surface area contributed by atoms with Gasteiger partial charge in [0.25, 0.3) is 5.56 Å². The quantitative estimate of drug-likeness (QED) is 0.373. The molecule has 0 unspecified atom stereocenters. The van der Waals surface area contributed by atoms with Crippen LogP contribution in [0.3, 0.4) is 0 Å². The molecule has 1 heterocycles. The average molecular weight is 495 g/mol. The molecule has 0 bridgehead atoms. The highest BCUT2D eigenvalue weighted by Crippen LogP contribution is 2.32. The number of aromatic amines is 1. The lowest BCUT2D eigenvalue weighted by Crippen LogP contribution is -2.55. The Morgan fingerprint density at radius 3 is 2.53 bits per heavy atom. The number of hydrogen-bond donors (Lipinski definition) is 4. The largest absolute Gasteiger partial charge is 0.390 e. The minimum absolute atomic E-state index is 0.133. The van der Waals surface area contributed by atoms with Gasteiger partial charge in [-0.3, -0.25) is 19.1 Å². The van der Waals surface area contributed by atoms with Crippen molar-refractivity contribution in [2.24, 2.45) is 0 Å². The summed E-state index contributed by atoms with van der Waals surface area (Å²) in [5.41, 5.74) is -1.95. The zero-order chi connectivity index (χ0) is 25.1. The Morgan fingerprint density at radius 1 is 1.26 bits per heavy atom. The van der Waals surface area contributed by atoms with E-state index in [0.29, 0.717) is 12.8 Å². The Labute approximate surface area is 197 Å². The molecule has 3 atom stereocenters. The highest BCUT2D eigenvalue weighted by molar-refractivity contribution is 7.89. The van der Waals surface area contributed by atoms with E-state index in [2.05, 4.69) is 9.71 Å². The van der Waals surface area contributed by atoms with E-state index in [9.17, 15) is 33.0 Å². The van der Waals surface area contributed by atoms with E-state index in [1.54, 1.807) is 24.1 Å². The Morgan fingerprint density at radius 2 is 1.94 bits per heavy atom. The molecule has 1 aliphatic rings. The summed E-state index contributed by atoms with van der Waals surface area (Å²) in [6.07, 6.45) is 1.49. The monoisotopic (exact) mass is 494 g/mol. The van der Waals surface area contributed by atoms with E-state index < -0.39 is 33.0 Å². The number of carbonyl (C=O) groups excluding carboxylic acids is 1. The zero-order valence-electron chi connectivity index (χ0n) is 19.1. The van der Waals surface area contributed by atoms with Gasteiger partial charge in [0.15, 0.2) is 0 Å². The lowest BCUT2D eigenvalue weighted by atomic mass is 9.79. The Kier molecular flexibility index (Phi) is 7.76. The fourth-order valence-corrected chi connectivity index (χ4v) is 4.89. The molecule has 12 heteroatoms. The van der Waals surface area contributed by atoms with Crippen LogP contribution in [0.2, 0.25) is 0 Å². The SMILES string of the molecule is CNS(=O)(=O)c1ccc(CCC(=O)N(C)[C@H]2CC[C@@](O)(Cn3ccc(=O)[nH]c3=O)[C@H](O)C2)cc1. The molecule has 1 aliphatic carbocycles. The number of carbonyl (C=O) groups is 1. The van der Waals surface area contributed by atoms with Crippen molar-refractivity contribution in [2.45, 2.75) is 61.3 Å². The molecule has 1 amide bonds. The first kappa shape index (κ1) is 25.8. The molecule has 0 saturated heterocycles. The molecular weight excluding hydrogens is 464 g/mol. The molecule has 11 nitrogen and oxygen atoms in total. The van der Waals surface area contributed by atoms with E-state index >= 15 is 0 Å². The van der Waals surface area contributed by atoms with Gasteiger partial charge >= 0.3 is 5.69 Å². The first-order valence-corrected chi connectivity index (χ1v) is 12.4. The number of rotatable bonds is 8. The van der Waals surface area contributed by atoms with E-state index in [0.717, 1.165) is 10.1 Å². The zero-order valence-corrected chi connectivity index (χ0v) is 19.9. The summed E-state index contributed by atoms with van der Waals surface area (Å²) < 4.78 is 27.0. The molecule has 34 heavy (non-hydrogen) atoms. The van der Waals surface area contributed by atoms with Crippen molar-refractivity contribution in [3.05, 3.63) is 62.9 Å². The van der Waals surface area contributed by atoms with Gasteiger partial charge in [-0.1, -0.05) is 12.1 Å². The van der Waals surface area contributed by atoms with Gasteiger partial charge < -0.3 is 15.1 Å². The van der Waals surface area contributed by atoms with E-state index in [1.165, 1.54) is 31.4 Å². The van der Waals surface area contributed by atoms with Crippen LogP contribution < -0.4 is 16.0 Å². The average Bonchev–Trinajstić information content (AvgIpc) is 2.81. The van der Waals surface area contributed by atoms with Crippen LogP contribution in [0.15, 0.2) is 51.0 Å². The van der Waals surface area contributed by atoms with Gasteiger partial charge in [-0.2, -0.15) is 0 Å². The van der Waals surface area contributed by atoms with Crippen molar-refractivity contribution in [2.75, 3.05) is 14.1 Å². The van der Waals surface area contributed by atoms with Crippen LogP contribution in [0.5, 0.6) is 0 Å². The second-order valence-electron chi connectivity index (χ2n) is 8.64. The van der Waals surface area contributed by atoms with Gasteiger partial charge in [0.2, 0.25) is 15.9 Å². The van der Waals surface area contributed by atoms with Crippen LogP contribution >= 0.6 is 0 Å². The van der Waals surface area contributed by atoms with Crippen molar-refractivity contribution in [3.8, 4) is 0 Å². The summed E-state index contributed by atoms with van der Waals surface area (Å²) >= 11 is 0. The summed E-state index contributed by atoms with van der Waals surface area (Å²) in [5.74, 6) is -0.133.